The molecule has 0 spiro atoms. The van der Waals surface area contributed by atoms with Gasteiger partial charge < -0.3 is 9.47 Å². The zero-order chi connectivity index (χ0) is 16.8. The van der Waals surface area contributed by atoms with Crippen LogP contribution in [0, 0.1) is 47.3 Å². The standard InChI is InChI=1S/C20H28O4/c1-3-7-23-19(21)17-13-10-14(18(17)20(22)24-8-4-2)16-12-6-5-11(9-12)15(13)16/h5-6,11-18H,3-4,7-10H2,1-2H3. The largest absolute Gasteiger partial charge is 0.465 e. The number of esters is 2. The first-order valence-electron chi connectivity index (χ1n) is 9.69. The number of hydrogen-bond donors (Lipinski definition) is 0. The summed E-state index contributed by atoms with van der Waals surface area (Å²) in [4.78, 5) is 25.5. The van der Waals surface area contributed by atoms with Gasteiger partial charge in [0, 0.05) is 0 Å². The second-order valence-corrected chi connectivity index (χ2v) is 8.05. The molecule has 4 nitrogen and oxygen atoms in total. The number of carbonyl (C=O) groups excluding carboxylic acids is 2. The van der Waals surface area contributed by atoms with Crippen LogP contribution in [-0.2, 0) is 19.1 Å². The highest BCUT2D eigenvalue weighted by molar-refractivity contribution is 5.84. The Hall–Kier alpha value is -1.32. The van der Waals surface area contributed by atoms with E-state index in [0.717, 1.165) is 19.3 Å². The summed E-state index contributed by atoms with van der Waals surface area (Å²) in [6.45, 7) is 4.89. The van der Waals surface area contributed by atoms with Crippen molar-refractivity contribution in [1.29, 1.82) is 0 Å². The number of carbonyl (C=O) groups is 2. The van der Waals surface area contributed by atoms with E-state index in [2.05, 4.69) is 12.2 Å². The molecule has 0 aromatic heterocycles. The highest BCUT2D eigenvalue weighted by Gasteiger charge is 2.68. The van der Waals surface area contributed by atoms with Crippen molar-refractivity contribution in [3.05, 3.63) is 12.2 Å². The molecule has 0 aromatic carbocycles. The Morgan fingerprint density at radius 3 is 1.71 bits per heavy atom. The van der Waals surface area contributed by atoms with Gasteiger partial charge >= 0.3 is 11.9 Å². The van der Waals surface area contributed by atoms with Crippen LogP contribution in [0.3, 0.4) is 0 Å². The first kappa shape index (κ1) is 16.2. The van der Waals surface area contributed by atoms with E-state index in [1.165, 1.54) is 6.42 Å². The van der Waals surface area contributed by atoms with Crippen LogP contribution in [0.2, 0.25) is 0 Å². The molecule has 8 atom stereocenters. The van der Waals surface area contributed by atoms with Crippen LogP contribution in [0.5, 0.6) is 0 Å². The van der Waals surface area contributed by atoms with Gasteiger partial charge in [0.1, 0.15) is 0 Å². The molecule has 132 valence electrons. The molecule has 3 fully saturated rings. The van der Waals surface area contributed by atoms with Crippen LogP contribution in [0.1, 0.15) is 39.5 Å². The Kier molecular flexibility index (Phi) is 4.17. The van der Waals surface area contributed by atoms with Crippen molar-refractivity contribution < 1.29 is 19.1 Å². The average Bonchev–Trinajstić information content (AvgIpc) is 3.34. The van der Waals surface area contributed by atoms with E-state index in [1.54, 1.807) is 0 Å². The SMILES string of the molecule is CCCOC(=O)C1C2CC(C1C(=O)OCCC)C1C3C=CC(C3)C21. The van der Waals surface area contributed by atoms with Gasteiger partial charge in [0.05, 0.1) is 25.0 Å². The highest BCUT2D eigenvalue weighted by atomic mass is 16.5. The third-order valence-electron chi connectivity index (χ3n) is 6.87. The Balaban J connectivity index is 1.59. The summed E-state index contributed by atoms with van der Waals surface area (Å²) in [6.07, 6.45) is 8.56. The lowest BCUT2D eigenvalue weighted by Gasteiger charge is -2.39. The Morgan fingerprint density at radius 1 is 0.833 bits per heavy atom. The van der Waals surface area contributed by atoms with Crippen LogP contribution in [-0.4, -0.2) is 25.2 Å². The van der Waals surface area contributed by atoms with E-state index in [1.807, 2.05) is 13.8 Å². The second-order valence-electron chi connectivity index (χ2n) is 8.05. The quantitative estimate of drug-likeness (QED) is 0.426. The maximum Gasteiger partial charge on any atom is 0.310 e. The molecule has 4 rings (SSSR count). The van der Waals surface area contributed by atoms with E-state index in [4.69, 9.17) is 9.47 Å². The molecule has 3 saturated carbocycles. The van der Waals surface area contributed by atoms with E-state index < -0.39 is 0 Å². The zero-order valence-corrected chi connectivity index (χ0v) is 14.6. The Labute approximate surface area is 144 Å². The lowest BCUT2D eigenvalue weighted by molar-refractivity contribution is -0.166. The summed E-state index contributed by atoms with van der Waals surface area (Å²) in [5.41, 5.74) is 0. The van der Waals surface area contributed by atoms with Crippen molar-refractivity contribution in [2.75, 3.05) is 13.2 Å². The van der Waals surface area contributed by atoms with Crippen molar-refractivity contribution in [3.63, 3.8) is 0 Å². The predicted molar refractivity (Wildman–Crippen MR) is 88.8 cm³/mol. The van der Waals surface area contributed by atoms with Gasteiger partial charge in [-0.25, -0.2) is 0 Å². The fourth-order valence-corrected chi connectivity index (χ4v) is 6.28. The highest BCUT2D eigenvalue weighted by Crippen LogP contribution is 2.68. The summed E-state index contributed by atoms with van der Waals surface area (Å²) in [5, 5.41) is 0. The summed E-state index contributed by atoms with van der Waals surface area (Å²) in [5.74, 6) is 2.14. The monoisotopic (exact) mass is 332 g/mol. The molecule has 4 aliphatic rings. The van der Waals surface area contributed by atoms with Crippen LogP contribution in [0.15, 0.2) is 12.2 Å². The van der Waals surface area contributed by atoms with Gasteiger partial charge in [-0.2, -0.15) is 0 Å². The first-order valence-corrected chi connectivity index (χ1v) is 9.69. The number of fused-ring (bicyclic) bond motifs is 9. The van der Waals surface area contributed by atoms with Gasteiger partial charge in [0.15, 0.2) is 0 Å². The van der Waals surface area contributed by atoms with Crippen LogP contribution in [0.4, 0.5) is 0 Å². The van der Waals surface area contributed by atoms with Gasteiger partial charge in [-0.15, -0.1) is 0 Å². The smallest absolute Gasteiger partial charge is 0.310 e. The molecular formula is C20H28O4. The maximum absolute atomic E-state index is 12.7. The van der Waals surface area contributed by atoms with Crippen LogP contribution in [0.25, 0.3) is 0 Å². The summed E-state index contributed by atoms with van der Waals surface area (Å²) in [7, 11) is 0. The molecule has 0 amide bonds. The zero-order valence-electron chi connectivity index (χ0n) is 14.6. The summed E-state index contributed by atoms with van der Waals surface area (Å²) in [6, 6.07) is 0. The van der Waals surface area contributed by atoms with E-state index in [-0.39, 0.29) is 23.8 Å². The predicted octanol–water partition coefficient (Wildman–Crippen LogP) is 3.21. The third-order valence-corrected chi connectivity index (χ3v) is 6.87. The summed E-state index contributed by atoms with van der Waals surface area (Å²) < 4.78 is 11.0. The van der Waals surface area contributed by atoms with Crippen LogP contribution < -0.4 is 0 Å². The molecule has 0 aromatic rings. The molecule has 0 saturated heterocycles. The van der Waals surface area contributed by atoms with E-state index in [9.17, 15) is 9.59 Å². The molecule has 4 aliphatic carbocycles. The minimum Gasteiger partial charge on any atom is -0.465 e. The number of allylic oxidation sites excluding steroid dienone is 2. The normalized spacial score (nSPS) is 43.9. The fraction of sp³-hybridized carbons (Fsp3) is 0.800. The first-order chi connectivity index (χ1) is 11.7. The van der Waals surface area contributed by atoms with Crippen molar-refractivity contribution in [2.24, 2.45) is 47.3 Å². The van der Waals surface area contributed by atoms with Crippen molar-refractivity contribution >= 4 is 11.9 Å². The third kappa shape index (κ3) is 2.25. The minimum absolute atomic E-state index is 0.159. The lowest BCUT2D eigenvalue weighted by atomic mass is 9.65. The molecular weight excluding hydrogens is 304 g/mol. The van der Waals surface area contributed by atoms with E-state index in [0.29, 0.717) is 48.7 Å². The number of hydrogen-bond acceptors (Lipinski definition) is 4. The fourth-order valence-electron chi connectivity index (χ4n) is 6.28. The molecule has 4 bridgehead atoms. The van der Waals surface area contributed by atoms with Crippen molar-refractivity contribution in [3.8, 4) is 0 Å². The minimum atomic E-state index is -0.278. The molecule has 0 N–H and O–H groups in total. The number of rotatable bonds is 6. The topological polar surface area (TPSA) is 52.6 Å². The van der Waals surface area contributed by atoms with Crippen molar-refractivity contribution in [2.45, 2.75) is 39.5 Å². The van der Waals surface area contributed by atoms with Crippen molar-refractivity contribution in [1.82, 2.24) is 0 Å². The van der Waals surface area contributed by atoms with Gasteiger partial charge in [-0.1, -0.05) is 26.0 Å². The van der Waals surface area contributed by atoms with E-state index >= 15 is 0 Å². The molecule has 24 heavy (non-hydrogen) atoms. The summed E-state index contributed by atoms with van der Waals surface area (Å²) >= 11 is 0. The van der Waals surface area contributed by atoms with Gasteiger partial charge in [0.2, 0.25) is 0 Å². The molecule has 0 aliphatic heterocycles. The second kappa shape index (κ2) is 6.20. The van der Waals surface area contributed by atoms with Gasteiger partial charge in [-0.05, 0) is 61.2 Å². The molecule has 0 heterocycles. The van der Waals surface area contributed by atoms with Crippen LogP contribution >= 0.6 is 0 Å². The lowest BCUT2D eigenvalue weighted by Crippen LogP contribution is -2.44. The average molecular weight is 332 g/mol. The molecule has 8 unspecified atom stereocenters. The Bertz CT molecular complexity index is 508. The Morgan fingerprint density at radius 2 is 1.29 bits per heavy atom. The number of ether oxygens (including phenoxy) is 2. The molecule has 4 heteroatoms. The van der Waals surface area contributed by atoms with Gasteiger partial charge in [0.25, 0.3) is 0 Å². The maximum atomic E-state index is 12.7. The molecule has 0 radical (unpaired) electrons. The van der Waals surface area contributed by atoms with Gasteiger partial charge in [-0.3, -0.25) is 9.59 Å².